The van der Waals surface area contributed by atoms with Crippen molar-refractivity contribution in [3.8, 4) is 0 Å². The quantitative estimate of drug-likeness (QED) is 0.846. The van der Waals surface area contributed by atoms with E-state index >= 15 is 0 Å². The molecule has 2 aromatic rings. The van der Waals surface area contributed by atoms with Gasteiger partial charge in [0.15, 0.2) is 0 Å². The van der Waals surface area contributed by atoms with E-state index in [0.29, 0.717) is 17.5 Å². The van der Waals surface area contributed by atoms with E-state index in [1.807, 2.05) is 35.2 Å². The smallest absolute Gasteiger partial charge is 0.320 e. The van der Waals surface area contributed by atoms with Gasteiger partial charge in [0.2, 0.25) is 0 Å². The van der Waals surface area contributed by atoms with Crippen molar-refractivity contribution < 1.29 is 4.79 Å². The molecule has 4 heteroatoms. The van der Waals surface area contributed by atoms with E-state index in [2.05, 4.69) is 17.4 Å². The fourth-order valence-electron chi connectivity index (χ4n) is 2.37. The summed E-state index contributed by atoms with van der Waals surface area (Å²) in [5.41, 5.74) is 1.91. The van der Waals surface area contributed by atoms with Gasteiger partial charge < -0.3 is 10.2 Å². The first-order valence-electron chi connectivity index (χ1n) is 7.56. The Labute approximate surface area is 135 Å². The lowest BCUT2D eigenvalue weighted by atomic mass is 10.2. The highest BCUT2D eigenvalue weighted by molar-refractivity contribution is 6.30. The molecule has 0 unspecified atom stereocenters. The molecule has 1 aliphatic rings. The number of nitrogens with one attached hydrogen (secondary N) is 1. The molecule has 1 aliphatic carbocycles. The lowest BCUT2D eigenvalue weighted by Gasteiger charge is -2.23. The molecular weight excluding hydrogens is 296 g/mol. The largest absolute Gasteiger partial charge is 0.322 e. The number of rotatable bonds is 5. The Kier molecular flexibility index (Phi) is 4.64. The van der Waals surface area contributed by atoms with E-state index in [9.17, 15) is 4.79 Å². The summed E-state index contributed by atoms with van der Waals surface area (Å²) in [5.74, 6) is 0.652. The number of hydrogen-bond donors (Lipinski definition) is 1. The van der Waals surface area contributed by atoms with Crippen molar-refractivity contribution in [3.63, 3.8) is 0 Å². The molecule has 2 amide bonds. The van der Waals surface area contributed by atoms with E-state index in [4.69, 9.17) is 11.6 Å². The van der Waals surface area contributed by atoms with Crippen LogP contribution in [-0.2, 0) is 6.54 Å². The molecule has 3 nitrogen and oxygen atoms in total. The Balaban J connectivity index is 1.67. The van der Waals surface area contributed by atoms with Gasteiger partial charge in [0.05, 0.1) is 0 Å². The molecule has 0 heterocycles. The Morgan fingerprint density at radius 2 is 1.77 bits per heavy atom. The van der Waals surface area contributed by atoms with Crippen molar-refractivity contribution in [1.82, 2.24) is 4.90 Å². The number of anilines is 1. The second kappa shape index (κ2) is 6.84. The number of halogens is 1. The van der Waals surface area contributed by atoms with Crippen LogP contribution in [0.3, 0.4) is 0 Å². The minimum Gasteiger partial charge on any atom is -0.320 e. The second-order valence-corrected chi connectivity index (χ2v) is 6.18. The molecule has 0 radical (unpaired) electrons. The summed E-state index contributed by atoms with van der Waals surface area (Å²) in [6.07, 6.45) is 2.44. The highest BCUT2D eigenvalue weighted by Gasteiger charge is 2.26. The molecule has 0 aliphatic heterocycles. The van der Waals surface area contributed by atoms with Crippen molar-refractivity contribution in [2.24, 2.45) is 5.92 Å². The van der Waals surface area contributed by atoms with Crippen LogP contribution in [0.25, 0.3) is 0 Å². The van der Waals surface area contributed by atoms with Gasteiger partial charge in [-0.15, -0.1) is 0 Å². The topological polar surface area (TPSA) is 32.3 Å². The fraction of sp³-hybridized carbons (Fsp3) is 0.278. The molecule has 114 valence electrons. The van der Waals surface area contributed by atoms with Crippen LogP contribution in [-0.4, -0.2) is 17.5 Å². The van der Waals surface area contributed by atoms with Crippen LogP contribution in [0.2, 0.25) is 5.02 Å². The van der Waals surface area contributed by atoms with Gasteiger partial charge in [-0.05, 0) is 48.6 Å². The first-order valence-corrected chi connectivity index (χ1v) is 7.94. The lowest BCUT2D eigenvalue weighted by molar-refractivity contribution is 0.206. The molecule has 0 saturated heterocycles. The third-order valence-electron chi connectivity index (χ3n) is 3.77. The van der Waals surface area contributed by atoms with Gasteiger partial charge in [0, 0.05) is 23.8 Å². The fourth-order valence-corrected chi connectivity index (χ4v) is 2.50. The summed E-state index contributed by atoms with van der Waals surface area (Å²) in [6.45, 7) is 1.45. The predicted molar refractivity (Wildman–Crippen MR) is 90.0 cm³/mol. The van der Waals surface area contributed by atoms with E-state index in [1.165, 1.54) is 12.8 Å². The van der Waals surface area contributed by atoms with E-state index in [0.717, 1.165) is 17.8 Å². The third-order valence-corrected chi connectivity index (χ3v) is 4.03. The number of hydrogen-bond acceptors (Lipinski definition) is 1. The van der Waals surface area contributed by atoms with Gasteiger partial charge in [-0.1, -0.05) is 41.9 Å². The SMILES string of the molecule is O=C(Nc1ccc(Cl)cc1)N(Cc1ccccc1)CC1CC1. The Morgan fingerprint density at radius 1 is 1.09 bits per heavy atom. The maximum absolute atomic E-state index is 12.5. The van der Waals surface area contributed by atoms with Gasteiger partial charge in [0.1, 0.15) is 0 Å². The monoisotopic (exact) mass is 314 g/mol. The summed E-state index contributed by atoms with van der Waals surface area (Å²) in [4.78, 5) is 14.4. The van der Waals surface area contributed by atoms with Crippen molar-refractivity contribution >= 4 is 23.3 Å². The van der Waals surface area contributed by atoms with Crippen LogP contribution >= 0.6 is 11.6 Å². The predicted octanol–water partition coefficient (Wildman–Crippen LogP) is 4.78. The second-order valence-electron chi connectivity index (χ2n) is 5.75. The number of carbonyl (C=O) groups is 1. The van der Waals surface area contributed by atoms with Crippen molar-refractivity contribution in [1.29, 1.82) is 0 Å². The number of amides is 2. The third kappa shape index (κ3) is 4.25. The summed E-state index contributed by atoms with van der Waals surface area (Å²) in [5, 5.41) is 3.61. The zero-order chi connectivity index (χ0) is 15.4. The van der Waals surface area contributed by atoms with Crippen LogP contribution in [0.1, 0.15) is 18.4 Å². The van der Waals surface area contributed by atoms with Crippen LogP contribution in [0.15, 0.2) is 54.6 Å². The summed E-state index contributed by atoms with van der Waals surface area (Å²) in [6, 6.07) is 17.2. The average molecular weight is 315 g/mol. The lowest BCUT2D eigenvalue weighted by Crippen LogP contribution is -2.36. The Morgan fingerprint density at radius 3 is 2.41 bits per heavy atom. The minimum absolute atomic E-state index is 0.0573. The normalized spacial score (nSPS) is 13.7. The molecule has 1 fully saturated rings. The maximum atomic E-state index is 12.5. The van der Waals surface area contributed by atoms with Crippen LogP contribution in [0.5, 0.6) is 0 Å². The highest BCUT2D eigenvalue weighted by atomic mass is 35.5. The molecule has 0 aromatic heterocycles. The average Bonchev–Trinajstić information content (AvgIpc) is 3.34. The molecule has 0 atom stereocenters. The molecule has 0 spiro atoms. The zero-order valence-electron chi connectivity index (χ0n) is 12.3. The number of carbonyl (C=O) groups excluding carboxylic acids is 1. The summed E-state index contributed by atoms with van der Waals surface area (Å²) < 4.78 is 0. The molecule has 1 N–H and O–H groups in total. The van der Waals surface area contributed by atoms with Gasteiger partial charge in [0.25, 0.3) is 0 Å². The van der Waals surface area contributed by atoms with Gasteiger partial charge in [-0.2, -0.15) is 0 Å². The van der Waals surface area contributed by atoms with Crippen LogP contribution in [0, 0.1) is 5.92 Å². The number of urea groups is 1. The Hall–Kier alpha value is -2.00. The molecular formula is C18H19ClN2O. The van der Waals surface area contributed by atoms with E-state index in [1.54, 1.807) is 12.1 Å². The highest BCUT2D eigenvalue weighted by Crippen LogP contribution is 2.30. The van der Waals surface area contributed by atoms with Crippen molar-refractivity contribution in [2.45, 2.75) is 19.4 Å². The zero-order valence-corrected chi connectivity index (χ0v) is 13.1. The molecule has 1 saturated carbocycles. The summed E-state index contributed by atoms with van der Waals surface area (Å²) in [7, 11) is 0. The Bertz CT molecular complexity index is 623. The standard InChI is InChI=1S/C18H19ClN2O/c19-16-8-10-17(11-9-16)20-18(22)21(13-15-6-7-15)12-14-4-2-1-3-5-14/h1-5,8-11,15H,6-7,12-13H2,(H,20,22). The van der Waals surface area contributed by atoms with Crippen molar-refractivity contribution in [2.75, 3.05) is 11.9 Å². The molecule has 22 heavy (non-hydrogen) atoms. The van der Waals surface area contributed by atoms with Crippen LogP contribution in [0.4, 0.5) is 10.5 Å². The van der Waals surface area contributed by atoms with Gasteiger partial charge >= 0.3 is 6.03 Å². The first-order chi connectivity index (χ1) is 10.7. The van der Waals surface area contributed by atoms with Crippen molar-refractivity contribution in [3.05, 3.63) is 65.2 Å². The van der Waals surface area contributed by atoms with E-state index < -0.39 is 0 Å². The minimum atomic E-state index is -0.0573. The van der Waals surface area contributed by atoms with Gasteiger partial charge in [-0.25, -0.2) is 4.79 Å². The molecule has 0 bridgehead atoms. The van der Waals surface area contributed by atoms with Crippen LogP contribution < -0.4 is 5.32 Å². The maximum Gasteiger partial charge on any atom is 0.322 e. The van der Waals surface area contributed by atoms with E-state index in [-0.39, 0.29) is 6.03 Å². The molecule has 2 aromatic carbocycles. The first kappa shape index (κ1) is 14.9. The molecule has 3 rings (SSSR count). The number of benzene rings is 2. The van der Waals surface area contributed by atoms with Gasteiger partial charge in [-0.3, -0.25) is 0 Å². The number of nitrogens with zero attached hydrogens (tertiary/aromatic N) is 1. The summed E-state index contributed by atoms with van der Waals surface area (Å²) >= 11 is 5.87.